The van der Waals surface area contributed by atoms with Gasteiger partial charge in [-0.25, -0.2) is 4.79 Å². The van der Waals surface area contributed by atoms with Gasteiger partial charge in [-0.15, -0.1) is 11.8 Å². The van der Waals surface area contributed by atoms with Crippen LogP contribution in [-0.4, -0.2) is 30.3 Å². The van der Waals surface area contributed by atoms with Crippen molar-refractivity contribution in [3.05, 3.63) is 28.8 Å². The number of carbonyl (C=O) groups excluding carboxylic acids is 2. The monoisotopic (exact) mass is 313 g/mol. The minimum atomic E-state index is -0.822. The van der Waals surface area contributed by atoms with Crippen LogP contribution in [0.15, 0.2) is 23.1 Å². The molecule has 1 amide bonds. The van der Waals surface area contributed by atoms with Crippen LogP contribution < -0.4 is 5.32 Å². The molecule has 1 aromatic carbocycles. The molecule has 0 bridgehead atoms. The summed E-state index contributed by atoms with van der Waals surface area (Å²) >= 11 is 7.50. The fourth-order valence-corrected chi connectivity index (χ4v) is 2.25. The van der Waals surface area contributed by atoms with Crippen LogP contribution in [0.4, 0.5) is 0 Å². The van der Waals surface area contributed by atoms with E-state index in [1.807, 2.05) is 12.3 Å². The van der Waals surface area contributed by atoms with Gasteiger partial charge in [0.1, 0.15) is 0 Å². The lowest BCUT2D eigenvalue weighted by atomic mass is 10.2. The van der Waals surface area contributed by atoms with Crippen LogP contribution in [0.2, 0.25) is 5.02 Å². The maximum absolute atomic E-state index is 12.1. The summed E-state index contributed by atoms with van der Waals surface area (Å²) in [5.41, 5.74) is 0.282. The van der Waals surface area contributed by atoms with E-state index in [9.17, 15) is 9.59 Å². The van der Waals surface area contributed by atoms with E-state index in [2.05, 4.69) is 5.32 Å². The highest BCUT2D eigenvalue weighted by molar-refractivity contribution is 7.98. The Morgan fingerprint density at radius 2 is 2.15 bits per heavy atom. The smallest absolute Gasteiger partial charge is 0.340 e. The molecule has 0 radical (unpaired) electrons. The van der Waals surface area contributed by atoms with E-state index in [0.29, 0.717) is 5.02 Å². The van der Waals surface area contributed by atoms with Gasteiger partial charge in [0.15, 0.2) is 6.10 Å². The van der Waals surface area contributed by atoms with Gasteiger partial charge in [-0.05, 0) is 44.2 Å². The first-order valence-corrected chi connectivity index (χ1v) is 7.96. The lowest BCUT2D eigenvalue weighted by Gasteiger charge is -2.14. The topological polar surface area (TPSA) is 55.4 Å². The van der Waals surface area contributed by atoms with Crippen molar-refractivity contribution < 1.29 is 14.3 Å². The number of ether oxygens (including phenoxy) is 1. The van der Waals surface area contributed by atoms with E-state index in [0.717, 1.165) is 17.7 Å². The Kier molecular flexibility index (Phi) is 4.94. The van der Waals surface area contributed by atoms with Crippen molar-refractivity contribution in [1.29, 1.82) is 0 Å². The lowest BCUT2D eigenvalue weighted by molar-refractivity contribution is -0.129. The minimum absolute atomic E-state index is 0.243. The third kappa shape index (κ3) is 3.90. The maximum Gasteiger partial charge on any atom is 0.340 e. The van der Waals surface area contributed by atoms with Crippen LogP contribution in [0.1, 0.15) is 30.1 Å². The van der Waals surface area contributed by atoms with Crippen LogP contribution in [-0.2, 0) is 9.53 Å². The van der Waals surface area contributed by atoms with Crippen molar-refractivity contribution in [3.63, 3.8) is 0 Å². The number of hydrogen-bond acceptors (Lipinski definition) is 4. The summed E-state index contributed by atoms with van der Waals surface area (Å²) in [5.74, 6) is -0.845. The zero-order chi connectivity index (χ0) is 14.7. The molecule has 2 rings (SSSR count). The van der Waals surface area contributed by atoms with Crippen molar-refractivity contribution in [2.75, 3.05) is 6.26 Å². The van der Waals surface area contributed by atoms with Crippen LogP contribution in [0.3, 0.4) is 0 Å². The average Bonchev–Trinajstić information content (AvgIpc) is 3.23. The van der Waals surface area contributed by atoms with E-state index in [4.69, 9.17) is 16.3 Å². The third-order valence-corrected chi connectivity index (χ3v) is 4.03. The third-order valence-electron chi connectivity index (χ3n) is 2.97. The fraction of sp³-hybridized carbons (Fsp3) is 0.429. The largest absolute Gasteiger partial charge is 0.449 e. The summed E-state index contributed by atoms with van der Waals surface area (Å²) in [6.45, 7) is 1.56. The molecule has 1 atom stereocenters. The Bertz CT molecular complexity index is 531. The predicted molar refractivity (Wildman–Crippen MR) is 79.3 cm³/mol. The predicted octanol–water partition coefficient (Wildman–Crippen LogP) is 2.89. The van der Waals surface area contributed by atoms with E-state index >= 15 is 0 Å². The van der Waals surface area contributed by atoms with Crippen molar-refractivity contribution in [1.82, 2.24) is 5.32 Å². The fourth-order valence-electron chi connectivity index (χ4n) is 1.61. The number of hydrogen-bond donors (Lipinski definition) is 1. The number of amides is 1. The molecule has 20 heavy (non-hydrogen) atoms. The molecule has 4 nitrogen and oxygen atoms in total. The highest BCUT2D eigenvalue weighted by Crippen LogP contribution is 2.24. The summed E-state index contributed by atoms with van der Waals surface area (Å²) in [6.07, 6.45) is 3.07. The molecule has 0 heterocycles. The Labute approximate surface area is 127 Å². The second-order valence-electron chi connectivity index (χ2n) is 4.68. The lowest BCUT2D eigenvalue weighted by Crippen LogP contribution is -2.37. The Morgan fingerprint density at radius 1 is 1.45 bits per heavy atom. The quantitative estimate of drug-likeness (QED) is 0.671. The van der Waals surface area contributed by atoms with Crippen LogP contribution in [0, 0.1) is 0 Å². The van der Waals surface area contributed by atoms with Gasteiger partial charge in [-0.2, -0.15) is 0 Å². The van der Waals surface area contributed by atoms with Gasteiger partial charge in [0.25, 0.3) is 5.91 Å². The Morgan fingerprint density at radius 3 is 2.75 bits per heavy atom. The summed E-state index contributed by atoms with van der Waals surface area (Å²) in [6, 6.07) is 5.39. The van der Waals surface area contributed by atoms with E-state index in [1.165, 1.54) is 11.8 Å². The van der Waals surface area contributed by atoms with E-state index in [-0.39, 0.29) is 17.5 Å². The molecule has 108 valence electrons. The second-order valence-corrected chi connectivity index (χ2v) is 5.96. The number of carbonyl (C=O) groups is 2. The molecule has 1 aromatic rings. The number of esters is 1. The number of thioether (sulfide) groups is 1. The first kappa shape index (κ1) is 15.2. The molecule has 0 spiro atoms. The molecule has 1 unspecified atom stereocenters. The van der Waals surface area contributed by atoms with E-state index in [1.54, 1.807) is 19.1 Å². The van der Waals surface area contributed by atoms with Gasteiger partial charge in [0.2, 0.25) is 0 Å². The molecule has 6 heteroatoms. The molecule has 1 aliphatic rings. The van der Waals surface area contributed by atoms with Gasteiger partial charge < -0.3 is 10.1 Å². The molecule has 0 aromatic heterocycles. The average molecular weight is 314 g/mol. The van der Waals surface area contributed by atoms with Crippen LogP contribution in [0.25, 0.3) is 0 Å². The molecule has 1 N–H and O–H groups in total. The first-order valence-electron chi connectivity index (χ1n) is 6.36. The van der Waals surface area contributed by atoms with Gasteiger partial charge in [0.05, 0.1) is 10.6 Å². The van der Waals surface area contributed by atoms with Crippen molar-refractivity contribution in [2.24, 2.45) is 0 Å². The maximum atomic E-state index is 12.1. The molecular formula is C14H16ClNO3S. The van der Waals surface area contributed by atoms with Gasteiger partial charge >= 0.3 is 5.97 Å². The highest BCUT2D eigenvalue weighted by atomic mass is 35.5. The standard InChI is InChI=1S/C14H16ClNO3S/c1-8(13(17)16-9-3-4-9)19-14(18)11-7-10(20-2)5-6-12(11)15/h5-9H,3-4H2,1-2H3,(H,16,17). The van der Waals surface area contributed by atoms with Crippen molar-refractivity contribution >= 4 is 35.2 Å². The Balaban J connectivity index is 2.01. The molecule has 0 saturated heterocycles. The second kappa shape index (κ2) is 6.50. The first-order chi connectivity index (χ1) is 9.51. The molecule has 1 aliphatic carbocycles. The number of nitrogens with one attached hydrogen (secondary N) is 1. The normalized spacial score (nSPS) is 15.6. The molecular weight excluding hydrogens is 298 g/mol. The zero-order valence-corrected chi connectivity index (χ0v) is 12.9. The van der Waals surface area contributed by atoms with Crippen molar-refractivity contribution in [3.8, 4) is 0 Å². The molecule has 1 fully saturated rings. The highest BCUT2D eigenvalue weighted by Gasteiger charge is 2.27. The summed E-state index contributed by atoms with van der Waals surface area (Å²) in [4.78, 5) is 24.7. The number of rotatable bonds is 5. The summed E-state index contributed by atoms with van der Waals surface area (Å²) < 4.78 is 5.16. The number of benzene rings is 1. The SMILES string of the molecule is CSc1ccc(Cl)c(C(=O)OC(C)C(=O)NC2CC2)c1. The van der Waals surface area contributed by atoms with Crippen LogP contribution >= 0.6 is 23.4 Å². The van der Waals surface area contributed by atoms with Gasteiger partial charge in [-0.3, -0.25) is 4.79 Å². The summed E-state index contributed by atoms with van der Waals surface area (Å²) in [7, 11) is 0. The van der Waals surface area contributed by atoms with E-state index < -0.39 is 12.1 Å². The van der Waals surface area contributed by atoms with Crippen LogP contribution in [0.5, 0.6) is 0 Å². The molecule has 1 saturated carbocycles. The minimum Gasteiger partial charge on any atom is -0.449 e. The van der Waals surface area contributed by atoms with Gasteiger partial charge in [-0.1, -0.05) is 11.6 Å². The Hall–Kier alpha value is -1.20. The van der Waals surface area contributed by atoms with Gasteiger partial charge in [0, 0.05) is 10.9 Å². The molecule has 0 aliphatic heterocycles. The van der Waals surface area contributed by atoms with Crippen molar-refractivity contribution in [2.45, 2.75) is 36.8 Å². The summed E-state index contributed by atoms with van der Waals surface area (Å²) in [5, 5.41) is 3.12. The zero-order valence-electron chi connectivity index (χ0n) is 11.3. The number of halogens is 1.